The Labute approximate surface area is 103 Å². The Balaban J connectivity index is 2.06. The Morgan fingerprint density at radius 2 is 2.24 bits per heavy atom. The fourth-order valence-corrected chi connectivity index (χ4v) is 3.35. The van der Waals surface area contributed by atoms with Crippen molar-refractivity contribution in [2.45, 2.75) is 44.6 Å². The van der Waals surface area contributed by atoms with Gasteiger partial charge in [0.25, 0.3) is 0 Å². The summed E-state index contributed by atoms with van der Waals surface area (Å²) in [5.41, 5.74) is 9.13. The van der Waals surface area contributed by atoms with E-state index in [-0.39, 0.29) is 5.54 Å². The first-order chi connectivity index (χ1) is 8.22. The van der Waals surface area contributed by atoms with Crippen LogP contribution in [0.5, 0.6) is 5.75 Å². The second-order valence-electron chi connectivity index (χ2n) is 5.58. The molecule has 2 N–H and O–H groups in total. The Hall–Kier alpha value is -1.02. The number of benzene rings is 1. The Kier molecular flexibility index (Phi) is 2.62. The molecule has 1 aliphatic carbocycles. The minimum atomic E-state index is -0.173. The molecule has 92 valence electrons. The average Bonchev–Trinajstić information content (AvgIpc) is 2.81. The second kappa shape index (κ2) is 4.02. The van der Waals surface area contributed by atoms with Crippen LogP contribution < -0.4 is 10.5 Å². The molecule has 0 amide bonds. The molecule has 2 aliphatic rings. The van der Waals surface area contributed by atoms with Crippen molar-refractivity contribution in [1.29, 1.82) is 0 Å². The summed E-state index contributed by atoms with van der Waals surface area (Å²) in [7, 11) is 0. The van der Waals surface area contributed by atoms with Gasteiger partial charge in [-0.2, -0.15) is 0 Å². The fraction of sp³-hybridized carbons (Fsp3) is 0.600. The van der Waals surface area contributed by atoms with E-state index in [9.17, 15) is 0 Å². The molecule has 1 fully saturated rings. The van der Waals surface area contributed by atoms with Crippen molar-refractivity contribution in [3.8, 4) is 5.75 Å². The molecule has 2 unspecified atom stereocenters. The molecule has 0 saturated heterocycles. The first-order valence-corrected chi connectivity index (χ1v) is 6.76. The van der Waals surface area contributed by atoms with Gasteiger partial charge >= 0.3 is 0 Å². The van der Waals surface area contributed by atoms with Crippen LogP contribution in [0.25, 0.3) is 0 Å². The van der Waals surface area contributed by atoms with Crippen molar-refractivity contribution >= 4 is 0 Å². The zero-order valence-corrected chi connectivity index (χ0v) is 10.5. The van der Waals surface area contributed by atoms with Crippen LogP contribution in [0.15, 0.2) is 18.2 Å². The van der Waals surface area contributed by atoms with E-state index >= 15 is 0 Å². The maximum Gasteiger partial charge on any atom is 0.127 e. The third-order valence-corrected chi connectivity index (χ3v) is 4.57. The molecule has 1 aromatic rings. The highest BCUT2D eigenvalue weighted by atomic mass is 16.5. The largest absolute Gasteiger partial charge is 0.493 e. The van der Waals surface area contributed by atoms with Gasteiger partial charge in [-0.3, -0.25) is 0 Å². The molecule has 3 rings (SSSR count). The van der Waals surface area contributed by atoms with E-state index in [1.165, 1.54) is 30.4 Å². The molecule has 1 aromatic carbocycles. The van der Waals surface area contributed by atoms with Gasteiger partial charge < -0.3 is 10.5 Å². The number of hydrogen-bond acceptors (Lipinski definition) is 2. The molecule has 17 heavy (non-hydrogen) atoms. The van der Waals surface area contributed by atoms with E-state index in [2.05, 4.69) is 25.1 Å². The third-order valence-electron chi connectivity index (χ3n) is 4.57. The van der Waals surface area contributed by atoms with Crippen LogP contribution in [0, 0.1) is 5.92 Å². The lowest BCUT2D eigenvalue weighted by atomic mass is 9.70. The molecule has 2 heteroatoms. The van der Waals surface area contributed by atoms with E-state index in [0.717, 1.165) is 25.2 Å². The van der Waals surface area contributed by atoms with E-state index in [1.807, 2.05) is 0 Å². The third kappa shape index (κ3) is 1.66. The topological polar surface area (TPSA) is 35.2 Å². The number of nitrogens with two attached hydrogens (primary N) is 1. The highest BCUT2D eigenvalue weighted by Crippen LogP contribution is 2.45. The maximum atomic E-state index is 6.72. The number of rotatable bonds is 1. The zero-order chi connectivity index (χ0) is 11.9. The van der Waals surface area contributed by atoms with Crippen LogP contribution in [0.2, 0.25) is 0 Å². The standard InChI is InChI=1S/C15H21NO/c1-11-5-2-3-9-15(11,16)13-7-4-6-12-8-10-17-14(12)13/h4,6-7,11H,2-3,5,8-10,16H2,1H3. The van der Waals surface area contributed by atoms with Crippen molar-refractivity contribution in [3.05, 3.63) is 29.3 Å². The Morgan fingerprint density at radius 3 is 3.06 bits per heavy atom. The second-order valence-corrected chi connectivity index (χ2v) is 5.58. The number of ether oxygens (including phenoxy) is 1. The quantitative estimate of drug-likeness (QED) is 0.806. The molecule has 1 aliphatic heterocycles. The summed E-state index contributed by atoms with van der Waals surface area (Å²) in [6.07, 6.45) is 5.92. The van der Waals surface area contributed by atoms with Crippen molar-refractivity contribution in [1.82, 2.24) is 0 Å². The van der Waals surface area contributed by atoms with Gasteiger partial charge in [-0.25, -0.2) is 0 Å². The molecule has 2 atom stereocenters. The summed E-state index contributed by atoms with van der Waals surface area (Å²) in [5, 5.41) is 0. The van der Waals surface area contributed by atoms with Gasteiger partial charge in [0.1, 0.15) is 5.75 Å². The summed E-state index contributed by atoms with van der Waals surface area (Å²) in [4.78, 5) is 0. The first kappa shape index (κ1) is 11.1. The van der Waals surface area contributed by atoms with E-state index < -0.39 is 0 Å². The highest BCUT2D eigenvalue weighted by Gasteiger charge is 2.39. The normalized spacial score (nSPS) is 32.0. The van der Waals surface area contributed by atoms with Gasteiger partial charge in [0.2, 0.25) is 0 Å². The molecular weight excluding hydrogens is 210 g/mol. The summed E-state index contributed by atoms with van der Waals surface area (Å²) < 4.78 is 5.82. The Morgan fingerprint density at radius 1 is 1.35 bits per heavy atom. The van der Waals surface area contributed by atoms with Crippen molar-refractivity contribution in [2.75, 3.05) is 6.61 Å². The summed E-state index contributed by atoms with van der Waals surface area (Å²) in [6, 6.07) is 6.48. The molecule has 0 radical (unpaired) electrons. The van der Waals surface area contributed by atoms with Gasteiger partial charge in [0.15, 0.2) is 0 Å². The van der Waals surface area contributed by atoms with Gasteiger partial charge in [0, 0.05) is 17.5 Å². The molecule has 2 nitrogen and oxygen atoms in total. The van der Waals surface area contributed by atoms with Gasteiger partial charge in [-0.1, -0.05) is 38.0 Å². The van der Waals surface area contributed by atoms with Crippen molar-refractivity contribution in [2.24, 2.45) is 11.7 Å². The SMILES string of the molecule is CC1CCCCC1(N)c1cccc2c1OCC2. The molecule has 0 bridgehead atoms. The van der Waals surface area contributed by atoms with E-state index in [0.29, 0.717) is 5.92 Å². The molecule has 0 aromatic heterocycles. The van der Waals surface area contributed by atoms with Crippen molar-refractivity contribution in [3.63, 3.8) is 0 Å². The molecular formula is C15H21NO. The average molecular weight is 231 g/mol. The summed E-state index contributed by atoms with van der Waals surface area (Å²) >= 11 is 0. The minimum Gasteiger partial charge on any atom is -0.493 e. The lowest BCUT2D eigenvalue weighted by Crippen LogP contribution is -2.45. The first-order valence-electron chi connectivity index (χ1n) is 6.76. The van der Waals surface area contributed by atoms with Crippen LogP contribution in [0.1, 0.15) is 43.7 Å². The lowest BCUT2D eigenvalue weighted by Gasteiger charge is -2.40. The monoisotopic (exact) mass is 231 g/mol. The number of para-hydroxylation sites is 1. The van der Waals surface area contributed by atoms with Crippen LogP contribution in [0.3, 0.4) is 0 Å². The Bertz CT molecular complexity index is 429. The maximum absolute atomic E-state index is 6.72. The highest BCUT2D eigenvalue weighted by molar-refractivity contribution is 5.48. The van der Waals surface area contributed by atoms with Crippen LogP contribution >= 0.6 is 0 Å². The molecule has 1 saturated carbocycles. The van der Waals surface area contributed by atoms with E-state index in [1.54, 1.807) is 0 Å². The van der Waals surface area contributed by atoms with Crippen LogP contribution in [-0.4, -0.2) is 6.61 Å². The zero-order valence-electron chi connectivity index (χ0n) is 10.5. The van der Waals surface area contributed by atoms with Crippen molar-refractivity contribution < 1.29 is 4.74 Å². The molecule has 1 heterocycles. The van der Waals surface area contributed by atoms with Gasteiger partial charge in [0.05, 0.1) is 6.61 Å². The van der Waals surface area contributed by atoms with Gasteiger partial charge in [-0.15, -0.1) is 0 Å². The summed E-state index contributed by atoms with van der Waals surface area (Å²) in [5.74, 6) is 1.63. The number of hydrogen-bond donors (Lipinski definition) is 1. The van der Waals surface area contributed by atoms with Crippen LogP contribution in [0.4, 0.5) is 0 Å². The summed E-state index contributed by atoms with van der Waals surface area (Å²) in [6.45, 7) is 3.10. The smallest absolute Gasteiger partial charge is 0.127 e. The fourth-order valence-electron chi connectivity index (χ4n) is 3.35. The lowest BCUT2D eigenvalue weighted by molar-refractivity contribution is 0.200. The number of fused-ring (bicyclic) bond motifs is 1. The molecule has 0 spiro atoms. The van der Waals surface area contributed by atoms with Crippen LogP contribution in [-0.2, 0) is 12.0 Å². The predicted molar refractivity (Wildman–Crippen MR) is 69.1 cm³/mol. The van der Waals surface area contributed by atoms with Gasteiger partial charge in [-0.05, 0) is 24.3 Å². The predicted octanol–water partition coefficient (Wildman–Crippen LogP) is 2.99. The minimum absolute atomic E-state index is 0.173. The van der Waals surface area contributed by atoms with E-state index in [4.69, 9.17) is 10.5 Å².